The molecule has 1 aromatic heterocycles. The maximum atomic E-state index is 5.79. The van der Waals surface area contributed by atoms with Gasteiger partial charge in [0, 0.05) is 44.6 Å². The molecule has 3 rings (SSSR count). The van der Waals surface area contributed by atoms with Crippen LogP contribution >= 0.6 is 0 Å². The Balaban J connectivity index is 1.65. The Morgan fingerprint density at radius 1 is 1.17 bits per heavy atom. The van der Waals surface area contributed by atoms with Gasteiger partial charge in [-0.3, -0.25) is 4.90 Å². The molecule has 0 bridgehead atoms. The smallest absolute Gasteiger partial charge is 0.225 e. The first-order chi connectivity index (χ1) is 8.86. The van der Waals surface area contributed by atoms with Crippen LogP contribution in [-0.4, -0.2) is 53.6 Å². The highest BCUT2D eigenvalue weighted by Crippen LogP contribution is 2.25. The van der Waals surface area contributed by atoms with E-state index in [0.29, 0.717) is 12.0 Å². The summed E-state index contributed by atoms with van der Waals surface area (Å²) in [7, 11) is 0. The number of nitrogens with two attached hydrogens (primary N) is 1. The summed E-state index contributed by atoms with van der Waals surface area (Å²) in [5.41, 5.74) is 5.79. The van der Waals surface area contributed by atoms with Crippen LogP contribution in [0.25, 0.3) is 0 Å². The fraction of sp³-hybridized carbons (Fsp3) is 0.692. The molecule has 5 heteroatoms. The van der Waals surface area contributed by atoms with Crippen molar-refractivity contribution in [2.75, 3.05) is 37.6 Å². The number of fused-ring (bicyclic) bond motifs is 1. The lowest BCUT2D eigenvalue weighted by Crippen LogP contribution is -2.57. The molecule has 98 valence electrons. The molecule has 2 saturated heterocycles. The third-order valence-corrected chi connectivity index (χ3v) is 4.17. The van der Waals surface area contributed by atoms with Crippen molar-refractivity contribution in [3.63, 3.8) is 0 Å². The largest absolute Gasteiger partial charge is 0.338 e. The van der Waals surface area contributed by atoms with Gasteiger partial charge in [-0.1, -0.05) is 0 Å². The lowest BCUT2D eigenvalue weighted by Gasteiger charge is -2.46. The van der Waals surface area contributed by atoms with Gasteiger partial charge in [0.1, 0.15) is 0 Å². The first-order valence-corrected chi connectivity index (χ1v) is 6.83. The van der Waals surface area contributed by atoms with Crippen LogP contribution in [0.2, 0.25) is 0 Å². The number of piperidine rings is 1. The molecule has 18 heavy (non-hydrogen) atoms. The predicted octanol–water partition coefficient (Wildman–Crippen LogP) is 0.336. The summed E-state index contributed by atoms with van der Waals surface area (Å²) < 4.78 is 0. The summed E-state index contributed by atoms with van der Waals surface area (Å²) in [6, 6.07) is 2.53. The van der Waals surface area contributed by atoms with Gasteiger partial charge in [0.15, 0.2) is 0 Å². The molecular weight excluding hydrogens is 226 g/mol. The molecular formula is C13H21N5. The fourth-order valence-electron chi connectivity index (χ4n) is 3.09. The van der Waals surface area contributed by atoms with E-state index in [9.17, 15) is 0 Å². The van der Waals surface area contributed by atoms with Crippen LogP contribution in [0.4, 0.5) is 5.95 Å². The Bertz CT molecular complexity index is 382. The van der Waals surface area contributed by atoms with Gasteiger partial charge in [-0.05, 0) is 31.4 Å². The molecule has 2 aliphatic heterocycles. The maximum absolute atomic E-state index is 5.79. The predicted molar refractivity (Wildman–Crippen MR) is 71.4 cm³/mol. The summed E-state index contributed by atoms with van der Waals surface area (Å²) in [6.45, 7) is 5.19. The van der Waals surface area contributed by atoms with E-state index in [0.717, 1.165) is 32.1 Å². The van der Waals surface area contributed by atoms with Crippen LogP contribution in [0, 0.1) is 5.92 Å². The monoisotopic (exact) mass is 247 g/mol. The Labute approximate surface area is 108 Å². The zero-order chi connectivity index (χ0) is 12.4. The zero-order valence-electron chi connectivity index (χ0n) is 10.7. The van der Waals surface area contributed by atoms with Gasteiger partial charge >= 0.3 is 0 Å². The highest BCUT2D eigenvalue weighted by Gasteiger charge is 2.32. The average Bonchev–Trinajstić information content (AvgIpc) is 2.47. The molecule has 3 heterocycles. The van der Waals surface area contributed by atoms with Crippen molar-refractivity contribution in [2.45, 2.75) is 18.9 Å². The summed E-state index contributed by atoms with van der Waals surface area (Å²) in [5, 5.41) is 0. The highest BCUT2D eigenvalue weighted by molar-refractivity contribution is 5.30. The molecule has 0 radical (unpaired) electrons. The first-order valence-electron chi connectivity index (χ1n) is 6.83. The van der Waals surface area contributed by atoms with E-state index in [1.165, 1.54) is 19.4 Å². The normalized spacial score (nSPS) is 29.1. The Hall–Kier alpha value is -1.20. The SMILES string of the molecule is NC[C@H]1CC[C@H]2CN(c3ncccn3)CCN2C1. The van der Waals surface area contributed by atoms with Crippen molar-refractivity contribution < 1.29 is 0 Å². The van der Waals surface area contributed by atoms with Crippen LogP contribution in [-0.2, 0) is 0 Å². The van der Waals surface area contributed by atoms with E-state index < -0.39 is 0 Å². The van der Waals surface area contributed by atoms with Crippen molar-refractivity contribution in [1.29, 1.82) is 0 Å². The highest BCUT2D eigenvalue weighted by atomic mass is 15.3. The van der Waals surface area contributed by atoms with Gasteiger partial charge in [-0.25, -0.2) is 9.97 Å². The number of anilines is 1. The first kappa shape index (κ1) is 11.9. The van der Waals surface area contributed by atoms with Gasteiger partial charge < -0.3 is 10.6 Å². The summed E-state index contributed by atoms with van der Waals surface area (Å²) in [6.07, 6.45) is 6.16. The number of aromatic nitrogens is 2. The van der Waals surface area contributed by atoms with Crippen LogP contribution in [0.5, 0.6) is 0 Å². The molecule has 2 aliphatic rings. The Morgan fingerprint density at radius 3 is 2.78 bits per heavy atom. The van der Waals surface area contributed by atoms with E-state index in [1.54, 1.807) is 0 Å². The van der Waals surface area contributed by atoms with Crippen molar-refractivity contribution in [1.82, 2.24) is 14.9 Å². The van der Waals surface area contributed by atoms with Crippen molar-refractivity contribution in [2.24, 2.45) is 11.7 Å². The molecule has 0 amide bonds. The average molecular weight is 247 g/mol. The van der Waals surface area contributed by atoms with Crippen molar-refractivity contribution in [3.8, 4) is 0 Å². The number of rotatable bonds is 2. The van der Waals surface area contributed by atoms with E-state index in [2.05, 4.69) is 19.8 Å². The fourth-order valence-corrected chi connectivity index (χ4v) is 3.09. The molecule has 2 N–H and O–H groups in total. The molecule has 1 aromatic rings. The second kappa shape index (κ2) is 5.20. The van der Waals surface area contributed by atoms with Gasteiger partial charge in [-0.2, -0.15) is 0 Å². The van der Waals surface area contributed by atoms with Gasteiger partial charge in [0.25, 0.3) is 0 Å². The minimum absolute atomic E-state index is 0.658. The molecule has 5 nitrogen and oxygen atoms in total. The molecule has 2 fully saturated rings. The maximum Gasteiger partial charge on any atom is 0.225 e. The second-order valence-electron chi connectivity index (χ2n) is 5.32. The third-order valence-electron chi connectivity index (χ3n) is 4.17. The van der Waals surface area contributed by atoms with E-state index in [-0.39, 0.29) is 0 Å². The molecule has 0 spiro atoms. The van der Waals surface area contributed by atoms with Crippen molar-refractivity contribution >= 4 is 5.95 Å². The number of hydrogen-bond donors (Lipinski definition) is 1. The van der Waals surface area contributed by atoms with Crippen LogP contribution in [0.15, 0.2) is 18.5 Å². The summed E-state index contributed by atoms with van der Waals surface area (Å²) >= 11 is 0. The van der Waals surface area contributed by atoms with E-state index in [1.807, 2.05) is 18.5 Å². The van der Waals surface area contributed by atoms with Crippen LogP contribution < -0.4 is 10.6 Å². The van der Waals surface area contributed by atoms with Crippen LogP contribution in [0.3, 0.4) is 0 Å². The molecule has 0 unspecified atom stereocenters. The lowest BCUT2D eigenvalue weighted by molar-refractivity contribution is 0.0979. The summed E-state index contributed by atoms with van der Waals surface area (Å²) in [4.78, 5) is 13.6. The lowest BCUT2D eigenvalue weighted by atomic mass is 9.91. The van der Waals surface area contributed by atoms with Crippen molar-refractivity contribution in [3.05, 3.63) is 18.5 Å². The third kappa shape index (κ3) is 2.33. The quantitative estimate of drug-likeness (QED) is 0.816. The topological polar surface area (TPSA) is 58.3 Å². The number of hydrogen-bond acceptors (Lipinski definition) is 5. The molecule has 2 atom stereocenters. The second-order valence-corrected chi connectivity index (χ2v) is 5.32. The zero-order valence-corrected chi connectivity index (χ0v) is 10.7. The van der Waals surface area contributed by atoms with Crippen LogP contribution in [0.1, 0.15) is 12.8 Å². The Kier molecular flexibility index (Phi) is 3.43. The van der Waals surface area contributed by atoms with Gasteiger partial charge in [-0.15, -0.1) is 0 Å². The minimum Gasteiger partial charge on any atom is -0.338 e. The number of piperazine rings is 1. The molecule has 0 aromatic carbocycles. The number of nitrogens with zero attached hydrogens (tertiary/aromatic N) is 4. The Morgan fingerprint density at radius 2 is 2.00 bits per heavy atom. The van der Waals surface area contributed by atoms with Gasteiger partial charge in [0.05, 0.1) is 0 Å². The molecule has 0 aliphatic carbocycles. The van der Waals surface area contributed by atoms with E-state index in [4.69, 9.17) is 5.73 Å². The van der Waals surface area contributed by atoms with E-state index >= 15 is 0 Å². The molecule has 0 saturated carbocycles. The van der Waals surface area contributed by atoms with Gasteiger partial charge in [0.2, 0.25) is 5.95 Å². The minimum atomic E-state index is 0.658. The standard InChI is InChI=1S/C13H21N5/c14-8-11-2-3-12-10-18(7-6-17(12)9-11)13-15-4-1-5-16-13/h1,4-5,11-12H,2-3,6-10,14H2/t11-,12+/m1/s1. The summed E-state index contributed by atoms with van der Waals surface area (Å²) in [5.74, 6) is 1.57.